The zero-order valence-corrected chi connectivity index (χ0v) is 11.3. The van der Waals surface area contributed by atoms with Crippen molar-refractivity contribution in [2.24, 2.45) is 0 Å². The molecule has 0 spiro atoms. The number of nitrogens with zero attached hydrogens (tertiary/aromatic N) is 1. The van der Waals surface area contributed by atoms with Crippen LogP contribution in [0.4, 0.5) is 5.82 Å². The highest BCUT2D eigenvalue weighted by Crippen LogP contribution is 2.17. The number of anilines is 1. The number of hydrogen-bond acceptors (Lipinski definition) is 4. The van der Waals surface area contributed by atoms with Gasteiger partial charge in [0.15, 0.2) is 11.9 Å². The van der Waals surface area contributed by atoms with Crippen LogP contribution < -0.4 is 10.1 Å². The number of aromatic nitrogens is 1. The molecule has 1 atom stereocenters. The smallest absolute Gasteiger partial charge is 0.266 e. The number of carbonyl (C=O) groups excluding carboxylic acids is 1. The van der Waals surface area contributed by atoms with Crippen LogP contribution in [0.1, 0.15) is 12.7 Å². The Balaban J connectivity index is 1.94. The number of nitrogens with one attached hydrogen (secondary N) is 1. The molecular formula is C13H13ClN2O3. The third kappa shape index (κ3) is 3.72. The molecule has 100 valence electrons. The molecule has 1 aromatic carbocycles. The van der Waals surface area contributed by atoms with Gasteiger partial charge in [0.25, 0.3) is 5.91 Å². The van der Waals surface area contributed by atoms with Gasteiger partial charge in [0.05, 0.1) is 0 Å². The van der Waals surface area contributed by atoms with Crippen LogP contribution in [0.2, 0.25) is 5.02 Å². The quantitative estimate of drug-likeness (QED) is 0.935. The van der Waals surface area contributed by atoms with E-state index in [1.807, 2.05) is 0 Å². The van der Waals surface area contributed by atoms with Crippen LogP contribution in [-0.2, 0) is 4.79 Å². The van der Waals surface area contributed by atoms with E-state index in [0.29, 0.717) is 22.4 Å². The summed E-state index contributed by atoms with van der Waals surface area (Å²) >= 11 is 5.77. The van der Waals surface area contributed by atoms with Crippen molar-refractivity contribution < 1.29 is 14.1 Å². The monoisotopic (exact) mass is 280 g/mol. The van der Waals surface area contributed by atoms with Crippen molar-refractivity contribution in [3.05, 3.63) is 41.1 Å². The largest absolute Gasteiger partial charge is 0.481 e. The zero-order chi connectivity index (χ0) is 13.8. The zero-order valence-electron chi connectivity index (χ0n) is 10.5. The molecule has 0 aliphatic carbocycles. The highest BCUT2D eigenvalue weighted by atomic mass is 35.5. The van der Waals surface area contributed by atoms with Crippen molar-refractivity contribution in [3.8, 4) is 5.75 Å². The van der Waals surface area contributed by atoms with Gasteiger partial charge in [-0.25, -0.2) is 0 Å². The fourth-order valence-corrected chi connectivity index (χ4v) is 1.55. The van der Waals surface area contributed by atoms with E-state index in [9.17, 15) is 4.79 Å². The van der Waals surface area contributed by atoms with Crippen molar-refractivity contribution >= 4 is 23.3 Å². The van der Waals surface area contributed by atoms with E-state index in [4.69, 9.17) is 20.9 Å². The minimum Gasteiger partial charge on any atom is -0.481 e. The van der Waals surface area contributed by atoms with E-state index >= 15 is 0 Å². The third-order valence-electron chi connectivity index (χ3n) is 2.37. The van der Waals surface area contributed by atoms with Crippen molar-refractivity contribution in [2.45, 2.75) is 20.0 Å². The Morgan fingerprint density at radius 3 is 2.68 bits per heavy atom. The first-order valence-corrected chi connectivity index (χ1v) is 6.09. The molecular weight excluding hydrogens is 268 g/mol. The van der Waals surface area contributed by atoms with Gasteiger partial charge in [-0.05, 0) is 38.1 Å². The molecule has 0 bridgehead atoms. The van der Waals surface area contributed by atoms with E-state index in [1.54, 1.807) is 44.2 Å². The van der Waals surface area contributed by atoms with Crippen LogP contribution in [0, 0.1) is 6.92 Å². The average Bonchev–Trinajstić information content (AvgIpc) is 2.77. The maximum Gasteiger partial charge on any atom is 0.266 e. The molecule has 0 saturated heterocycles. The van der Waals surface area contributed by atoms with Gasteiger partial charge in [-0.2, -0.15) is 0 Å². The van der Waals surface area contributed by atoms with Crippen LogP contribution in [0.25, 0.3) is 0 Å². The third-order valence-corrected chi connectivity index (χ3v) is 2.63. The molecule has 1 aromatic heterocycles. The predicted octanol–water partition coefficient (Wildman–Crippen LogP) is 3.04. The molecule has 2 rings (SSSR count). The van der Waals surface area contributed by atoms with Crippen LogP contribution in [0.5, 0.6) is 5.75 Å². The van der Waals surface area contributed by atoms with E-state index in [-0.39, 0.29) is 5.91 Å². The number of rotatable bonds is 4. The number of carbonyl (C=O) groups is 1. The van der Waals surface area contributed by atoms with Gasteiger partial charge in [-0.15, -0.1) is 0 Å². The van der Waals surface area contributed by atoms with Gasteiger partial charge in [0, 0.05) is 11.1 Å². The van der Waals surface area contributed by atoms with Crippen molar-refractivity contribution in [1.29, 1.82) is 0 Å². The fraction of sp³-hybridized carbons (Fsp3) is 0.231. The van der Waals surface area contributed by atoms with Crippen LogP contribution >= 0.6 is 11.6 Å². The van der Waals surface area contributed by atoms with Crippen LogP contribution in [-0.4, -0.2) is 17.2 Å². The number of benzene rings is 1. The SMILES string of the molecule is Cc1cc(NC(=O)[C@@H](C)Oc2ccc(Cl)cc2)no1. The lowest BCUT2D eigenvalue weighted by atomic mass is 10.3. The number of aryl methyl sites for hydroxylation is 1. The van der Waals surface area contributed by atoms with Gasteiger partial charge >= 0.3 is 0 Å². The Kier molecular flexibility index (Phi) is 4.06. The summed E-state index contributed by atoms with van der Waals surface area (Å²) in [6.45, 7) is 3.40. The molecule has 1 heterocycles. The topological polar surface area (TPSA) is 64.4 Å². The lowest BCUT2D eigenvalue weighted by molar-refractivity contribution is -0.122. The number of ether oxygens (including phenoxy) is 1. The number of halogens is 1. The van der Waals surface area contributed by atoms with Gasteiger partial charge in [-0.3, -0.25) is 4.79 Å². The maximum absolute atomic E-state index is 11.8. The number of hydrogen-bond donors (Lipinski definition) is 1. The second kappa shape index (κ2) is 5.75. The van der Waals surface area contributed by atoms with Crippen molar-refractivity contribution in [3.63, 3.8) is 0 Å². The van der Waals surface area contributed by atoms with Crippen LogP contribution in [0.15, 0.2) is 34.9 Å². The average molecular weight is 281 g/mol. The predicted molar refractivity (Wildman–Crippen MR) is 71.4 cm³/mol. The van der Waals surface area contributed by atoms with Gasteiger partial charge in [0.1, 0.15) is 11.5 Å². The summed E-state index contributed by atoms with van der Waals surface area (Å²) in [5.41, 5.74) is 0. The molecule has 0 aliphatic rings. The molecule has 0 radical (unpaired) electrons. The van der Waals surface area contributed by atoms with Crippen LogP contribution in [0.3, 0.4) is 0 Å². The molecule has 0 unspecified atom stereocenters. The van der Waals surface area contributed by atoms with Gasteiger partial charge in [0.2, 0.25) is 0 Å². The molecule has 0 fully saturated rings. The van der Waals surface area contributed by atoms with E-state index < -0.39 is 6.10 Å². The Hall–Kier alpha value is -2.01. The Bertz CT molecular complexity index is 566. The van der Waals surface area contributed by atoms with Gasteiger partial charge in [-0.1, -0.05) is 16.8 Å². The van der Waals surface area contributed by atoms with E-state index in [0.717, 1.165) is 0 Å². The Morgan fingerprint density at radius 2 is 2.11 bits per heavy atom. The highest BCUT2D eigenvalue weighted by Gasteiger charge is 2.16. The lowest BCUT2D eigenvalue weighted by Gasteiger charge is -2.13. The summed E-state index contributed by atoms with van der Waals surface area (Å²) < 4.78 is 10.3. The van der Waals surface area contributed by atoms with Gasteiger partial charge < -0.3 is 14.6 Å². The molecule has 0 saturated carbocycles. The molecule has 19 heavy (non-hydrogen) atoms. The second-order valence-corrected chi connectivity index (χ2v) is 4.46. The standard InChI is InChI=1S/C13H13ClN2O3/c1-8-7-12(16-19-8)15-13(17)9(2)18-11-5-3-10(14)4-6-11/h3-7,9H,1-2H3,(H,15,16,17)/t9-/m1/s1. The van der Waals surface area contributed by atoms with E-state index in [1.165, 1.54) is 0 Å². The molecule has 6 heteroatoms. The second-order valence-electron chi connectivity index (χ2n) is 4.03. The first kappa shape index (κ1) is 13.4. The lowest BCUT2D eigenvalue weighted by Crippen LogP contribution is -2.30. The highest BCUT2D eigenvalue weighted by molar-refractivity contribution is 6.30. The first-order valence-electron chi connectivity index (χ1n) is 5.71. The summed E-state index contributed by atoms with van der Waals surface area (Å²) in [7, 11) is 0. The normalized spacial score (nSPS) is 11.9. The summed E-state index contributed by atoms with van der Waals surface area (Å²) in [5.74, 6) is 1.27. The molecule has 5 nitrogen and oxygen atoms in total. The maximum atomic E-state index is 11.8. The minimum atomic E-state index is -0.654. The van der Waals surface area contributed by atoms with E-state index in [2.05, 4.69) is 10.5 Å². The Labute approximate surface area is 115 Å². The number of amides is 1. The first-order chi connectivity index (χ1) is 9.04. The van der Waals surface area contributed by atoms with Crippen molar-refractivity contribution in [2.75, 3.05) is 5.32 Å². The Morgan fingerprint density at radius 1 is 1.42 bits per heavy atom. The molecule has 2 aromatic rings. The van der Waals surface area contributed by atoms with Crippen molar-refractivity contribution in [1.82, 2.24) is 5.16 Å². The minimum absolute atomic E-state index is 0.303. The summed E-state index contributed by atoms with van der Waals surface area (Å²) in [5, 5.41) is 6.89. The summed E-state index contributed by atoms with van der Waals surface area (Å²) in [6, 6.07) is 8.43. The molecule has 1 N–H and O–H groups in total. The summed E-state index contributed by atoms with van der Waals surface area (Å²) in [6.07, 6.45) is -0.654. The summed E-state index contributed by atoms with van der Waals surface area (Å²) in [4.78, 5) is 11.8. The fourth-order valence-electron chi connectivity index (χ4n) is 1.42. The molecule has 0 aliphatic heterocycles. The molecule has 1 amide bonds.